The fourth-order valence-corrected chi connectivity index (χ4v) is 1.68. The molecule has 3 nitrogen and oxygen atoms in total. The lowest BCUT2D eigenvalue weighted by molar-refractivity contribution is 0.286. The Labute approximate surface area is 89.1 Å². The highest BCUT2D eigenvalue weighted by Gasteiger charge is 2.00. The van der Waals surface area contributed by atoms with Crippen molar-refractivity contribution in [3.05, 3.63) is 30.5 Å². The monoisotopic (exact) mass is 204 g/mol. The number of para-hydroxylation sites is 1. The Bertz CT molecular complexity index is 422. The summed E-state index contributed by atoms with van der Waals surface area (Å²) in [5, 5.41) is 13.2. The Balaban J connectivity index is 2.02. The first-order chi connectivity index (χ1) is 7.42. The third-order valence-corrected chi connectivity index (χ3v) is 2.49. The molecule has 15 heavy (non-hydrogen) atoms. The van der Waals surface area contributed by atoms with Gasteiger partial charge in [0.15, 0.2) is 0 Å². The molecule has 0 aliphatic carbocycles. The van der Waals surface area contributed by atoms with E-state index in [9.17, 15) is 0 Å². The minimum atomic E-state index is 0.273. The molecule has 1 aromatic carbocycles. The molecule has 80 valence electrons. The van der Waals surface area contributed by atoms with E-state index >= 15 is 0 Å². The molecule has 3 heteroatoms. The van der Waals surface area contributed by atoms with Gasteiger partial charge in [0.1, 0.15) is 0 Å². The van der Waals surface area contributed by atoms with Crippen molar-refractivity contribution in [3.63, 3.8) is 0 Å². The van der Waals surface area contributed by atoms with E-state index in [2.05, 4.69) is 22.4 Å². The molecular weight excluding hydrogens is 188 g/mol. The number of hydrogen-bond acceptors (Lipinski definition) is 2. The Hall–Kier alpha value is -1.48. The summed E-state index contributed by atoms with van der Waals surface area (Å²) in [6.07, 6.45) is 3.84. The molecule has 0 saturated carbocycles. The first-order valence-electron chi connectivity index (χ1n) is 5.32. The first kappa shape index (κ1) is 10.1. The number of aliphatic hydroxyl groups excluding tert-OH is 1. The standard InChI is InChI=1S/C12H16N2O/c15-8-4-3-7-13-12-9-14-11-6-2-1-5-10(11)12/h1-2,5-6,9,13-15H,3-4,7-8H2. The minimum absolute atomic E-state index is 0.273. The number of aliphatic hydroxyl groups is 1. The van der Waals surface area contributed by atoms with Crippen molar-refractivity contribution in [1.29, 1.82) is 0 Å². The van der Waals surface area contributed by atoms with Crippen LogP contribution in [0.15, 0.2) is 30.5 Å². The molecule has 0 saturated heterocycles. The van der Waals surface area contributed by atoms with Crippen LogP contribution >= 0.6 is 0 Å². The van der Waals surface area contributed by atoms with Crippen LogP contribution in [-0.4, -0.2) is 23.2 Å². The summed E-state index contributed by atoms with van der Waals surface area (Å²) in [6.45, 7) is 1.18. The highest BCUT2D eigenvalue weighted by molar-refractivity contribution is 5.92. The van der Waals surface area contributed by atoms with Crippen molar-refractivity contribution in [2.45, 2.75) is 12.8 Å². The van der Waals surface area contributed by atoms with Crippen molar-refractivity contribution in [1.82, 2.24) is 4.98 Å². The molecule has 2 aromatic rings. The summed E-state index contributed by atoms with van der Waals surface area (Å²) >= 11 is 0. The maximum atomic E-state index is 8.66. The Kier molecular flexibility index (Phi) is 3.25. The maximum Gasteiger partial charge on any atom is 0.0597 e. The molecule has 1 heterocycles. The number of anilines is 1. The maximum absolute atomic E-state index is 8.66. The second kappa shape index (κ2) is 4.84. The van der Waals surface area contributed by atoms with E-state index in [0.29, 0.717) is 0 Å². The van der Waals surface area contributed by atoms with Gasteiger partial charge in [-0.25, -0.2) is 0 Å². The Morgan fingerprint density at radius 1 is 1.20 bits per heavy atom. The van der Waals surface area contributed by atoms with Crippen LogP contribution in [-0.2, 0) is 0 Å². The predicted molar refractivity (Wildman–Crippen MR) is 63.1 cm³/mol. The molecule has 0 bridgehead atoms. The fourth-order valence-electron chi connectivity index (χ4n) is 1.68. The number of rotatable bonds is 5. The van der Waals surface area contributed by atoms with Crippen LogP contribution in [0, 0.1) is 0 Å². The normalized spacial score (nSPS) is 10.7. The molecule has 0 fully saturated rings. The van der Waals surface area contributed by atoms with E-state index in [1.807, 2.05) is 18.3 Å². The number of nitrogens with one attached hydrogen (secondary N) is 2. The summed E-state index contributed by atoms with van der Waals surface area (Å²) in [5.74, 6) is 0. The molecule has 3 N–H and O–H groups in total. The summed E-state index contributed by atoms with van der Waals surface area (Å²) in [5.41, 5.74) is 2.30. The summed E-state index contributed by atoms with van der Waals surface area (Å²) in [4.78, 5) is 3.22. The molecule has 0 aliphatic rings. The quantitative estimate of drug-likeness (QED) is 0.655. The Morgan fingerprint density at radius 2 is 2.07 bits per heavy atom. The third-order valence-electron chi connectivity index (χ3n) is 2.49. The summed E-state index contributed by atoms with van der Waals surface area (Å²) in [7, 11) is 0. The molecule has 0 radical (unpaired) electrons. The average molecular weight is 204 g/mol. The molecule has 0 amide bonds. The smallest absolute Gasteiger partial charge is 0.0597 e. The van der Waals surface area contributed by atoms with Crippen molar-refractivity contribution < 1.29 is 5.11 Å². The van der Waals surface area contributed by atoms with Crippen molar-refractivity contribution >= 4 is 16.6 Å². The van der Waals surface area contributed by atoms with Gasteiger partial charge >= 0.3 is 0 Å². The predicted octanol–water partition coefficient (Wildman–Crippen LogP) is 2.35. The van der Waals surface area contributed by atoms with Gasteiger partial charge in [-0.05, 0) is 18.9 Å². The van der Waals surface area contributed by atoms with Crippen LogP contribution in [0.3, 0.4) is 0 Å². The van der Waals surface area contributed by atoms with E-state index in [1.54, 1.807) is 0 Å². The first-order valence-corrected chi connectivity index (χ1v) is 5.32. The zero-order chi connectivity index (χ0) is 10.5. The van der Waals surface area contributed by atoms with Gasteiger partial charge in [0, 0.05) is 30.3 Å². The average Bonchev–Trinajstić information content (AvgIpc) is 2.68. The number of aromatic amines is 1. The molecular formula is C12H16N2O. The van der Waals surface area contributed by atoms with Crippen LogP contribution in [0.4, 0.5) is 5.69 Å². The SMILES string of the molecule is OCCCCNc1c[nH]c2ccccc12. The highest BCUT2D eigenvalue weighted by atomic mass is 16.2. The van der Waals surface area contributed by atoms with E-state index in [1.165, 1.54) is 5.39 Å². The highest BCUT2D eigenvalue weighted by Crippen LogP contribution is 2.22. The zero-order valence-corrected chi connectivity index (χ0v) is 8.66. The number of fused-ring (bicyclic) bond motifs is 1. The second-order valence-corrected chi connectivity index (χ2v) is 3.61. The van der Waals surface area contributed by atoms with Crippen molar-refractivity contribution in [3.8, 4) is 0 Å². The minimum Gasteiger partial charge on any atom is -0.396 e. The van der Waals surface area contributed by atoms with Crippen molar-refractivity contribution in [2.75, 3.05) is 18.5 Å². The lowest BCUT2D eigenvalue weighted by Crippen LogP contribution is -2.01. The van der Waals surface area contributed by atoms with Crippen LogP contribution in [0.1, 0.15) is 12.8 Å². The zero-order valence-electron chi connectivity index (χ0n) is 8.66. The van der Waals surface area contributed by atoms with Gasteiger partial charge in [-0.15, -0.1) is 0 Å². The van der Waals surface area contributed by atoms with Gasteiger partial charge in [0.2, 0.25) is 0 Å². The second-order valence-electron chi connectivity index (χ2n) is 3.61. The molecule has 0 aliphatic heterocycles. The largest absolute Gasteiger partial charge is 0.396 e. The number of benzene rings is 1. The lowest BCUT2D eigenvalue weighted by Gasteiger charge is -2.03. The number of H-pyrrole nitrogens is 1. The van der Waals surface area contributed by atoms with Crippen molar-refractivity contribution in [2.24, 2.45) is 0 Å². The van der Waals surface area contributed by atoms with E-state index in [-0.39, 0.29) is 6.61 Å². The van der Waals surface area contributed by atoms with E-state index in [0.717, 1.165) is 30.6 Å². The van der Waals surface area contributed by atoms with Gasteiger partial charge in [0.05, 0.1) is 5.69 Å². The molecule has 0 atom stereocenters. The summed E-state index contributed by atoms with van der Waals surface area (Å²) in [6, 6.07) is 8.22. The van der Waals surface area contributed by atoms with Gasteiger partial charge in [-0.2, -0.15) is 0 Å². The fraction of sp³-hybridized carbons (Fsp3) is 0.333. The van der Waals surface area contributed by atoms with Crippen LogP contribution in [0.2, 0.25) is 0 Å². The third kappa shape index (κ3) is 2.30. The Morgan fingerprint density at radius 3 is 2.93 bits per heavy atom. The van der Waals surface area contributed by atoms with Gasteiger partial charge in [0.25, 0.3) is 0 Å². The summed E-state index contributed by atoms with van der Waals surface area (Å²) < 4.78 is 0. The van der Waals surface area contributed by atoms with Gasteiger partial charge < -0.3 is 15.4 Å². The number of unbranched alkanes of at least 4 members (excludes halogenated alkanes) is 1. The molecule has 2 rings (SSSR count). The van der Waals surface area contributed by atoms with Gasteiger partial charge in [-0.3, -0.25) is 0 Å². The molecule has 1 aromatic heterocycles. The molecule has 0 spiro atoms. The number of hydrogen-bond donors (Lipinski definition) is 3. The van der Waals surface area contributed by atoms with E-state index in [4.69, 9.17) is 5.11 Å². The van der Waals surface area contributed by atoms with Crippen LogP contribution < -0.4 is 5.32 Å². The van der Waals surface area contributed by atoms with Crippen LogP contribution in [0.25, 0.3) is 10.9 Å². The van der Waals surface area contributed by atoms with Gasteiger partial charge in [-0.1, -0.05) is 18.2 Å². The lowest BCUT2D eigenvalue weighted by atomic mass is 10.2. The molecule has 0 unspecified atom stereocenters. The van der Waals surface area contributed by atoms with E-state index < -0.39 is 0 Å². The van der Waals surface area contributed by atoms with Crippen LogP contribution in [0.5, 0.6) is 0 Å². The number of aromatic nitrogens is 1. The topological polar surface area (TPSA) is 48.0 Å².